The lowest BCUT2D eigenvalue weighted by Gasteiger charge is -2.23. The molecule has 20 heavy (non-hydrogen) atoms. The lowest BCUT2D eigenvalue weighted by molar-refractivity contribution is -0.137. The summed E-state index contributed by atoms with van der Waals surface area (Å²) in [6.45, 7) is 4.41. The average molecular weight is 343 g/mol. The lowest BCUT2D eigenvalue weighted by atomic mass is 10.1. The first-order chi connectivity index (χ1) is 9.43. The van der Waals surface area contributed by atoms with Gasteiger partial charge in [-0.25, -0.2) is 4.79 Å². The van der Waals surface area contributed by atoms with Crippen LogP contribution in [0.4, 0.5) is 4.79 Å². The molecule has 110 valence electrons. The molecule has 0 bridgehead atoms. The highest BCUT2D eigenvalue weighted by Gasteiger charge is 2.16. The van der Waals surface area contributed by atoms with Crippen LogP contribution in [0.15, 0.2) is 28.7 Å². The summed E-state index contributed by atoms with van der Waals surface area (Å²) >= 11 is 3.39. The molecular weight excluding hydrogens is 324 g/mol. The molecule has 0 aliphatic carbocycles. The van der Waals surface area contributed by atoms with Crippen LogP contribution in [-0.2, 0) is 4.79 Å². The Morgan fingerprint density at radius 3 is 2.70 bits per heavy atom. The lowest BCUT2D eigenvalue weighted by Crippen LogP contribution is -2.41. The number of amides is 2. The Bertz CT molecular complexity index is 479. The van der Waals surface area contributed by atoms with Crippen LogP contribution in [0.3, 0.4) is 0 Å². The van der Waals surface area contributed by atoms with E-state index in [1.54, 1.807) is 0 Å². The van der Waals surface area contributed by atoms with E-state index in [2.05, 4.69) is 21.2 Å². The van der Waals surface area contributed by atoms with E-state index in [4.69, 9.17) is 5.11 Å². The molecule has 0 aliphatic heterocycles. The minimum atomic E-state index is -0.906. The van der Waals surface area contributed by atoms with E-state index < -0.39 is 5.97 Å². The Morgan fingerprint density at radius 2 is 2.15 bits per heavy atom. The van der Waals surface area contributed by atoms with Gasteiger partial charge in [0.1, 0.15) is 0 Å². The summed E-state index contributed by atoms with van der Waals surface area (Å²) in [5.74, 6) is -0.906. The molecule has 2 amide bonds. The van der Waals surface area contributed by atoms with E-state index in [0.29, 0.717) is 6.54 Å². The summed E-state index contributed by atoms with van der Waals surface area (Å²) in [5, 5.41) is 11.5. The molecular formula is C14H19BrN2O3. The third-order valence-electron chi connectivity index (χ3n) is 2.95. The number of halogens is 1. The molecule has 0 aromatic heterocycles. The van der Waals surface area contributed by atoms with Crippen LogP contribution in [-0.4, -0.2) is 35.1 Å². The number of nitrogens with zero attached hydrogens (tertiary/aromatic N) is 1. The zero-order chi connectivity index (χ0) is 15.1. The maximum absolute atomic E-state index is 12.1. The van der Waals surface area contributed by atoms with Gasteiger partial charge in [-0.15, -0.1) is 0 Å². The van der Waals surface area contributed by atoms with Gasteiger partial charge in [-0.05, 0) is 31.5 Å². The van der Waals surface area contributed by atoms with Gasteiger partial charge in [0.25, 0.3) is 0 Å². The standard InChI is InChI=1S/C14H19BrN2O3/c1-3-17(8-7-13(18)19)14(20)16-10(2)11-5-4-6-12(15)9-11/h4-6,9-10H,3,7-8H2,1-2H3,(H,16,20)(H,18,19). The predicted molar refractivity (Wildman–Crippen MR) is 80.6 cm³/mol. The van der Waals surface area contributed by atoms with E-state index in [1.165, 1.54) is 4.90 Å². The third kappa shape index (κ3) is 5.21. The average Bonchev–Trinajstić information content (AvgIpc) is 2.39. The molecule has 1 unspecified atom stereocenters. The zero-order valence-corrected chi connectivity index (χ0v) is 13.2. The largest absolute Gasteiger partial charge is 0.481 e. The van der Waals surface area contributed by atoms with E-state index in [-0.39, 0.29) is 25.0 Å². The van der Waals surface area contributed by atoms with Gasteiger partial charge in [0, 0.05) is 17.6 Å². The number of carboxylic acid groups (broad SMARTS) is 1. The fourth-order valence-electron chi connectivity index (χ4n) is 1.77. The van der Waals surface area contributed by atoms with Crippen LogP contribution < -0.4 is 5.32 Å². The number of hydrogen-bond donors (Lipinski definition) is 2. The third-order valence-corrected chi connectivity index (χ3v) is 3.45. The van der Waals surface area contributed by atoms with Crippen LogP contribution in [0.1, 0.15) is 31.9 Å². The van der Waals surface area contributed by atoms with Gasteiger partial charge in [-0.2, -0.15) is 0 Å². The SMILES string of the molecule is CCN(CCC(=O)O)C(=O)NC(C)c1cccc(Br)c1. The fourth-order valence-corrected chi connectivity index (χ4v) is 2.19. The number of nitrogens with one attached hydrogen (secondary N) is 1. The molecule has 2 N–H and O–H groups in total. The second kappa shape index (κ2) is 7.89. The minimum absolute atomic E-state index is 0.0491. The molecule has 5 nitrogen and oxygen atoms in total. The molecule has 0 radical (unpaired) electrons. The maximum atomic E-state index is 12.1. The number of carboxylic acids is 1. The molecule has 1 atom stereocenters. The van der Waals surface area contributed by atoms with Gasteiger partial charge in [-0.1, -0.05) is 28.1 Å². The van der Waals surface area contributed by atoms with Crippen LogP contribution in [0.5, 0.6) is 0 Å². The van der Waals surface area contributed by atoms with Crippen molar-refractivity contribution in [2.24, 2.45) is 0 Å². The van der Waals surface area contributed by atoms with Crippen molar-refractivity contribution in [3.05, 3.63) is 34.3 Å². The van der Waals surface area contributed by atoms with Crippen molar-refractivity contribution in [2.75, 3.05) is 13.1 Å². The Kier molecular flexibility index (Phi) is 6.51. The molecule has 0 saturated heterocycles. The number of carbonyl (C=O) groups excluding carboxylic acids is 1. The first kappa shape index (κ1) is 16.5. The summed E-state index contributed by atoms with van der Waals surface area (Å²) in [6.07, 6.45) is -0.0491. The molecule has 0 aliphatic rings. The Balaban J connectivity index is 2.61. The maximum Gasteiger partial charge on any atom is 0.317 e. The van der Waals surface area contributed by atoms with Crippen molar-refractivity contribution in [3.8, 4) is 0 Å². The quantitative estimate of drug-likeness (QED) is 0.834. The molecule has 1 rings (SSSR count). The number of carbonyl (C=O) groups is 2. The Labute approximate surface area is 127 Å². The van der Waals surface area contributed by atoms with Crippen molar-refractivity contribution < 1.29 is 14.7 Å². The summed E-state index contributed by atoms with van der Waals surface area (Å²) in [6, 6.07) is 7.31. The van der Waals surface area contributed by atoms with E-state index >= 15 is 0 Å². The normalized spacial score (nSPS) is 11.8. The van der Waals surface area contributed by atoms with Gasteiger partial charge >= 0.3 is 12.0 Å². The van der Waals surface area contributed by atoms with E-state index in [0.717, 1.165) is 10.0 Å². The first-order valence-electron chi connectivity index (χ1n) is 6.46. The second-order valence-electron chi connectivity index (χ2n) is 4.45. The summed E-state index contributed by atoms with van der Waals surface area (Å²) in [4.78, 5) is 24.1. The fraction of sp³-hybridized carbons (Fsp3) is 0.429. The minimum Gasteiger partial charge on any atom is -0.481 e. The number of benzene rings is 1. The first-order valence-corrected chi connectivity index (χ1v) is 7.26. The van der Waals surface area contributed by atoms with Gasteiger partial charge in [0.15, 0.2) is 0 Å². The molecule has 0 saturated carbocycles. The number of rotatable bonds is 6. The van der Waals surface area contributed by atoms with Gasteiger partial charge in [0.05, 0.1) is 12.5 Å². The monoisotopic (exact) mass is 342 g/mol. The molecule has 1 aromatic carbocycles. The van der Waals surface area contributed by atoms with Crippen molar-refractivity contribution in [2.45, 2.75) is 26.3 Å². The highest BCUT2D eigenvalue weighted by molar-refractivity contribution is 9.10. The molecule has 0 spiro atoms. The Hall–Kier alpha value is -1.56. The molecule has 6 heteroatoms. The predicted octanol–water partition coefficient (Wildman–Crippen LogP) is 3.02. The number of hydrogen-bond acceptors (Lipinski definition) is 2. The highest BCUT2D eigenvalue weighted by atomic mass is 79.9. The van der Waals surface area contributed by atoms with Crippen molar-refractivity contribution >= 4 is 27.9 Å². The second-order valence-corrected chi connectivity index (χ2v) is 5.37. The van der Waals surface area contributed by atoms with Crippen LogP contribution in [0.25, 0.3) is 0 Å². The van der Waals surface area contributed by atoms with E-state index in [9.17, 15) is 9.59 Å². The van der Waals surface area contributed by atoms with Crippen LogP contribution in [0, 0.1) is 0 Å². The number of aliphatic carboxylic acids is 1. The van der Waals surface area contributed by atoms with E-state index in [1.807, 2.05) is 38.1 Å². The van der Waals surface area contributed by atoms with Crippen molar-refractivity contribution in [1.29, 1.82) is 0 Å². The van der Waals surface area contributed by atoms with Crippen LogP contribution in [0.2, 0.25) is 0 Å². The summed E-state index contributed by atoms with van der Waals surface area (Å²) in [5.41, 5.74) is 0.988. The van der Waals surface area contributed by atoms with Gasteiger partial charge < -0.3 is 15.3 Å². The van der Waals surface area contributed by atoms with Gasteiger partial charge in [0.2, 0.25) is 0 Å². The Morgan fingerprint density at radius 1 is 1.45 bits per heavy atom. The summed E-state index contributed by atoms with van der Waals surface area (Å²) in [7, 11) is 0. The molecule has 0 heterocycles. The molecule has 0 fully saturated rings. The zero-order valence-electron chi connectivity index (χ0n) is 11.6. The topological polar surface area (TPSA) is 69.6 Å². The van der Waals surface area contributed by atoms with Crippen molar-refractivity contribution in [3.63, 3.8) is 0 Å². The molecule has 1 aromatic rings. The summed E-state index contributed by atoms with van der Waals surface area (Å²) < 4.78 is 0.953. The van der Waals surface area contributed by atoms with Gasteiger partial charge in [-0.3, -0.25) is 4.79 Å². The number of urea groups is 1. The smallest absolute Gasteiger partial charge is 0.317 e. The van der Waals surface area contributed by atoms with Crippen LogP contribution >= 0.6 is 15.9 Å². The highest BCUT2D eigenvalue weighted by Crippen LogP contribution is 2.18. The van der Waals surface area contributed by atoms with Crippen molar-refractivity contribution in [1.82, 2.24) is 10.2 Å².